The summed E-state index contributed by atoms with van der Waals surface area (Å²) in [6.45, 7) is 5.31. The fourth-order valence-corrected chi connectivity index (χ4v) is 3.27. The third-order valence-electron chi connectivity index (χ3n) is 5.01. The summed E-state index contributed by atoms with van der Waals surface area (Å²) in [6, 6.07) is 0.182. The van der Waals surface area contributed by atoms with Crippen LogP contribution in [-0.4, -0.2) is 53.1 Å². The number of nitrogens with zero attached hydrogens (tertiary/aromatic N) is 2. The topological polar surface area (TPSA) is 60.9 Å². The molecule has 2 rings (SSSR count). The Labute approximate surface area is 127 Å². The average Bonchev–Trinajstić information content (AvgIpc) is 2.44. The quantitative estimate of drug-likeness (QED) is 0.820. The monoisotopic (exact) mass is 296 g/mol. The zero-order valence-electron chi connectivity index (χ0n) is 13.1. The fraction of sp³-hybridized carbons (Fsp3) is 0.875. The van der Waals surface area contributed by atoms with Gasteiger partial charge in [0, 0.05) is 32.6 Å². The molecule has 1 N–H and O–H groups in total. The molecule has 0 spiro atoms. The number of urea groups is 1. The summed E-state index contributed by atoms with van der Waals surface area (Å²) >= 11 is 0. The van der Waals surface area contributed by atoms with Gasteiger partial charge in [0.2, 0.25) is 0 Å². The van der Waals surface area contributed by atoms with Crippen molar-refractivity contribution >= 4 is 12.0 Å². The molecule has 5 nitrogen and oxygen atoms in total. The van der Waals surface area contributed by atoms with Gasteiger partial charge in [0.25, 0.3) is 0 Å². The number of carboxylic acids is 1. The maximum absolute atomic E-state index is 12.5. The number of rotatable bonds is 6. The predicted octanol–water partition coefficient (Wildman–Crippen LogP) is 2.81. The lowest BCUT2D eigenvalue weighted by Gasteiger charge is -2.38. The van der Waals surface area contributed by atoms with Gasteiger partial charge in [-0.05, 0) is 50.9 Å². The van der Waals surface area contributed by atoms with Crippen LogP contribution in [0.5, 0.6) is 0 Å². The van der Waals surface area contributed by atoms with Gasteiger partial charge in [-0.1, -0.05) is 6.42 Å². The van der Waals surface area contributed by atoms with E-state index in [1.165, 1.54) is 19.3 Å². The molecule has 1 heterocycles. The molecule has 0 atom stereocenters. The lowest BCUT2D eigenvalue weighted by atomic mass is 9.85. The van der Waals surface area contributed by atoms with E-state index in [1.807, 2.05) is 9.80 Å². The Hall–Kier alpha value is -1.26. The Morgan fingerprint density at radius 3 is 2.29 bits per heavy atom. The molecule has 1 saturated heterocycles. The van der Waals surface area contributed by atoms with E-state index in [1.54, 1.807) is 0 Å². The van der Waals surface area contributed by atoms with Gasteiger partial charge in [-0.15, -0.1) is 0 Å². The van der Waals surface area contributed by atoms with Crippen LogP contribution < -0.4 is 0 Å². The molecule has 2 fully saturated rings. The summed E-state index contributed by atoms with van der Waals surface area (Å²) in [6.07, 6.45) is 6.73. The Balaban J connectivity index is 1.74. The van der Waals surface area contributed by atoms with Crippen molar-refractivity contribution in [2.24, 2.45) is 11.8 Å². The maximum Gasteiger partial charge on any atom is 0.319 e. The summed E-state index contributed by atoms with van der Waals surface area (Å²) in [4.78, 5) is 27.1. The standard InChI is InChI=1S/C16H28N2O3/c1-2-17(12-14-4-3-5-14)16(21)18-10-8-13(9-11-18)6-7-15(19)20/h13-14H,2-12H2,1H3,(H,19,20). The SMILES string of the molecule is CCN(CC1CCC1)C(=O)N1CCC(CCC(=O)O)CC1. The zero-order valence-corrected chi connectivity index (χ0v) is 13.1. The molecule has 0 radical (unpaired) electrons. The molecule has 1 aliphatic carbocycles. The van der Waals surface area contributed by atoms with Crippen molar-refractivity contribution in [3.63, 3.8) is 0 Å². The Bertz CT molecular complexity index is 361. The van der Waals surface area contributed by atoms with E-state index in [0.29, 0.717) is 11.8 Å². The molecule has 0 aromatic rings. The van der Waals surface area contributed by atoms with Crippen LogP contribution in [0.15, 0.2) is 0 Å². The van der Waals surface area contributed by atoms with E-state index >= 15 is 0 Å². The highest BCUT2D eigenvalue weighted by molar-refractivity contribution is 5.74. The number of carbonyl (C=O) groups is 2. The number of hydrogen-bond acceptors (Lipinski definition) is 2. The highest BCUT2D eigenvalue weighted by Gasteiger charge is 2.28. The van der Waals surface area contributed by atoms with Gasteiger partial charge in [0.15, 0.2) is 0 Å². The summed E-state index contributed by atoms with van der Waals surface area (Å²) in [5, 5.41) is 8.73. The van der Waals surface area contributed by atoms with Gasteiger partial charge in [-0.25, -0.2) is 4.79 Å². The first-order valence-electron chi connectivity index (χ1n) is 8.35. The minimum Gasteiger partial charge on any atom is -0.481 e. The number of piperidine rings is 1. The van der Waals surface area contributed by atoms with Gasteiger partial charge < -0.3 is 14.9 Å². The van der Waals surface area contributed by atoms with Crippen LogP contribution in [0.3, 0.4) is 0 Å². The van der Waals surface area contributed by atoms with Crippen LogP contribution >= 0.6 is 0 Å². The van der Waals surface area contributed by atoms with Crippen molar-refractivity contribution in [3.05, 3.63) is 0 Å². The third-order valence-corrected chi connectivity index (χ3v) is 5.01. The van der Waals surface area contributed by atoms with Crippen molar-refractivity contribution < 1.29 is 14.7 Å². The smallest absolute Gasteiger partial charge is 0.319 e. The van der Waals surface area contributed by atoms with Crippen LogP contribution in [0.2, 0.25) is 0 Å². The lowest BCUT2D eigenvalue weighted by molar-refractivity contribution is -0.137. The molecule has 2 amide bonds. The Morgan fingerprint density at radius 2 is 1.81 bits per heavy atom. The number of hydrogen-bond donors (Lipinski definition) is 1. The van der Waals surface area contributed by atoms with Gasteiger partial charge in [0.1, 0.15) is 0 Å². The summed E-state index contributed by atoms with van der Waals surface area (Å²) in [5.74, 6) is 0.458. The molecular formula is C16H28N2O3. The van der Waals surface area contributed by atoms with E-state index in [-0.39, 0.29) is 12.5 Å². The van der Waals surface area contributed by atoms with Gasteiger partial charge in [-0.3, -0.25) is 4.79 Å². The van der Waals surface area contributed by atoms with Crippen LogP contribution in [-0.2, 0) is 4.79 Å². The summed E-state index contributed by atoms with van der Waals surface area (Å²) in [7, 11) is 0. The number of carboxylic acid groups (broad SMARTS) is 1. The van der Waals surface area contributed by atoms with Crippen molar-refractivity contribution in [1.29, 1.82) is 0 Å². The van der Waals surface area contributed by atoms with Crippen molar-refractivity contribution in [3.8, 4) is 0 Å². The van der Waals surface area contributed by atoms with E-state index in [2.05, 4.69) is 6.92 Å². The van der Waals surface area contributed by atoms with Crippen molar-refractivity contribution in [1.82, 2.24) is 9.80 Å². The molecule has 0 aromatic heterocycles. The minimum atomic E-state index is -0.717. The molecule has 0 bridgehead atoms. The first-order valence-corrected chi connectivity index (χ1v) is 8.35. The largest absolute Gasteiger partial charge is 0.481 e. The lowest BCUT2D eigenvalue weighted by Crippen LogP contribution is -2.48. The normalized spacial score (nSPS) is 20.1. The van der Waals surface area contributed by atoms with E-state index in [0.717, 1.165) is 45.4 Å². The summed E-state index contributed by atoms with van der Waals surface area (Å²) in [5.41, 5.74) is 0. The number of carbonyl (C=O) groups excluding carboxylic acids is 1. The molecule has 5 heteroatoms. The van der Waals surface area contributed by atoms with Gasteiger partial charge in [0.05, 0.1) is 0 Å². The fourth-order valence-electron chi connectivity index (χ4n) is 3.27. The minimum absolute atomic E-state index is 0.182. The van der Waals surface area contributed by atoms with E-state index < -0.39 is 5.97 Å². The molecule has 0 unspecified atom stereocenters. The zero-order chi connectivity index (χ0) is 15.2. The second kappa shape index (κ2) is 7.66. The van der Waals surface area contributed by atoms with Crippen molar-refractivity contribution in [2.45, 2.75) is 51.9 Å². The maximum atomic E-state index is 12.5. The van der Waals surface area contributed by atoms with Gasteiger partial charge >= 0.3 is 12.0 Å². The number of amides is 2. The molecule has 1 aliphatic heterocycles. The number of aliphatic carboxylic acids is 1. The molecule has 2 aliphatic rings. The molecular weight excluding hydrogens is 268 g/mol. The Morgan fingerprint density at radius 1 is 1.14 bits per heavy atom. The average molecular weight is 296 g/mol. The van der Waals surface area contributed by atoms with Crippen LogP contribution in [0.25, 0.3) is 0 Å². The summed E-state index contributed by atoms with van der Waals surface area (Å²) < 4.78 is 0. The van der Waals surface area contributed by atoms with Crippen LogP contribution in [0.4, 0.5) is 4.79 Å². The second-order valence-corrected chi connectivity index (χ2v) is 6.48. The first-order chi connectivity index (χ1) is 10.1. The molecule has 1 saturated carbocycles. The predicted molar refractivity (Wildman–Crippen MR) is 81.2 cm³/mol. The molecule has 120 valence electrons. The van der Waals surface area contributed by atoms with Crippen molar-refractivity contribution in [2.75, 3.05) is 26.2 Å². The first kappa shape index (κ1) is 16.1. The van der Waals surface area contributed by atoms with E-state index in [4.69, 9.17) is 5.11 Å². The second-order valence-electron chi connectivity index (χ2n) is 6.48. The highest BCUT2D eigenvalue weighted by atomic mass is 16.4. The molecule has 21 heavy (non-hydrogen) atoms. The van der Waals surface area contributed by atoms with Gasteiger partial charge in [-0.2, -0.15) is 0 Å². The molecule has 0 aromatic carbocycles. The van der Waals surface area contributed by atoms with Crippen LogP contribution in [0.1, 0.15) is 51.9 Å². The van der Waals surface area contributed by atoms with Crippen LogP contribution in [0, 0.1) is 11.8 Å². The third kappa shape index (κ3) is 4.61. The number of likely N-dealkylation sites (tertiary alicyclic amines) is 1. The highest BCUT2D eigenvalue weighted by Crippen LogP contribution is 2.28. The Kier molecular flexibility index (Phi) is 5.88. The van der Waals surface area contributed by atoms with E-state index in [9.17, 15) is 9.59 Å².